The number of esters is 1. The second-order valence-electron chi connectivity index (χ2n) is 4.18. The molecular formula is C12H14N2O3. The molecule has 5 heteroatoms. The molecule has 0 radical (unpaired) electrons. The van der Waals surface area contributed by atoms with Crippen LogP contribution in [0.15, 0.2) is 24.3 Å². The lowest BCUT2D eigenvalue weighted by Gasteiger charge is -2.10. The largest absolute Gasteiger partial charge is 0.465 e. The first-order chi connectivity index (χ1) is 8.05. The average molecular weight is 234 g/mol. The van der Waals surface area contributed by atoms with Gasteiger partial charge in [0.1, 0.15) is 0 Å². The number of benzene rings is 1. The zero-order chi connectivity index (χ0) is 12.5. The van der Waals surface area contributed by atoms with Gasteiger partial charge >= 0.3 is 5.97 Å². The zero-order valence-corrected chi connectivity index (χ0v) is 9.53. The maximum Gasteiger partial charge on any atom is 0.337 e. The molecule has 0 heterocycles. The van der Waals surface area contributed by atoms with Crippen molar-refractivity contribution in [1.29, 1.82) is 0 Å². The van der Waals surface area contributed by atoms with E-state index < -0.39 is 11.5 Å². The van der Waals surface area contributed by atoms with E-state index in [1.54, 1.807) is 24.3 Å². The van der Waals surface area contributed by atoms with Gasteiger partial charge in [0.2, 0.25) is 5.91 Å². The monoisotopic (exact) mass is 234 g/mol. The van der Waals surface area contributed by atoms with E-state index in [1.807, 2.05) is 0 Å². The third-order valence-electron chi connectivity index (χ3n) is 2.78. The first-order valence-corrected chi connectivity index (χ1v) is 5.34. The molecule has 0 aliphatic heterocycles. The Morgan fingerprint density at radius 3 is 2.71 bits per heavy atom. The quantitative estimate of drug-likeness (QED) is 0.761. The molecule has 5 nitrogen and oxygen atoms in total. The Bertz CT molecular complexity index is 467. The van der Waals surface area contributed by atoms with Crippen LogP contribution in [0.2, 0.25) is 0 Å². The molecule has 90 valence electrons. The molecule has 1 amide bonds. The number of amides is 1. The van der Waals surface area contributed by atoms with E-state index in [9.17, 15) is 9.59 Å². The van der Waals surface area contributed by atoms with Gasteiger partial charge in [-0.25, -0.2) is 4.79 Å². The number of carbonyl (C=O) groups is 2. The van der Waals surface area contributed by atoms with Gasteiger partial charge in [-0.05, 0) is 31.0 Å². The minimum atomic E-state index is -0.721. The van der Waals surface area contributed by atoms with E-state index in [0.29, 0.717) is 24.1 Å². The molecule has 1 aliphatic rings. The van der Waals surface area contributed by atoms with Crippen LogP contribution in [-0.4, -0.2) is 24.5 Å². The van der Waals surface area contributed by atoms with Crippen LogP contribution in [0.25, 0.3) is 0 Å². The molecule has 0 spiro atoms. The number of nitrogens with two attached hydrogens (primary N) is 1. The van der Waals surface area contributed by atoms with Crippen LogP contribution in [0.4, 0.5) is 5.69 Å². The summed E-state index contributed by atoms with van der Waals surface area (Å²) < 4.78 is 4.60. The molecule has 1 aromatic rings. The number of ether oxygens (including phenoxy) is 1. The lowest BCUT2D eigenvalue weighted by Crippen LogP contribution is -2.37. The highest BCUT2D eigenvalue weighted by Crippen LogP contribution is 2.33. The van der Waals surface area contributed by atoms with Gasteiger partial charge in [-0.2, -0.15) is 0 Å². The molecule has 1 aliphatic carbocycles. The summed E-state index contributed by atoms with van der Waals surface area (Å²) in [7, 11) is 1.31. The maximum absolute atomic E-state index is 11.7. The molecule has 3 N–H and O–H groups in total. The molecule has 2 rings (SSSR count). The fourth-order valence-corrected chi connectivity index (χ4v) is 1.46. The maximum atomic E-state index is 11.7. The summed E-state index contributed by atoms with van der Waals surface area (Å²) in [6.45, 7) is 0. The van der Waals surface area contributed by atoms with E-state index in [2.05, 4.69) is 10.1 Å². The summed E-state index contributed by atoms with van der Waals surface area (Å²) in [6.07, 6.45) is 1.41. The number of rotatable bonds is 3. The standard InChI is InChI=1S/C12H14N2O3/c1-17-10(15)8-3-2-4-9(7-8)14-11(16)12(13)5-6-12/h2-4,7H,5-6,13H2,1H3,(H,14,16). The summed E-state index contributed by atoms with van der Waals surface area (Å²) in [5.74, 6) is -0.644. The number of methoxy groups -OCH3 is 1. The normalized spacial score (nSPS) is 16.1. The van der Waals surface area contributed by atoms with Gasteiger partial charge in [0.25, 0.3) is 0 Å². The molecule has 1 fully saturated rings. The third kappa shape index (κ3) is 2.45. The van der Waals surface area contributed by atoms with E-state index in [1.165, 1.54) is 7.11 Å². The van der Waals surface area contributed by atoms with Crippen LogP contribution in [0.5, 0.6) is 0 Å². The fourth-order valence-electron chi connectivity index (χ4n) is 1.46. The summed E-state index contributed by atoms with van der Waals surface area (Å²) in [6, 6.07) is 6.57. The SMILES string of the molecule is COC(=O)c1cccc(NC(=O)C2(N)CC2)c1. The molecule has 0 bridgehead atoms. The van der Waals surface area contributed by atoms with Crippen LogP contribution in [0, 0.1) is 0 Å². The van der Waals surface area contributed by atoms with Gasteiger partial charge in [0, 0.05) is 5.69 Å². The molecular weight excluding hydrogens is 220 g/mol. The number of anilines is 1. The Balaban J connectivity index is 2.11. The van der Waals surface area contributed by atoms with Gasteiger partial charge < -0.3 is 15.8 Å². The van der Waals surface area contributed by atoms with Crippen LogP contribution in [0.1, 0.15) is 23.2 Å². The van der Waals surface area contributed by atoms with Gasteiger partial charge in [0.15, 0.2) is 0 Å². The van der Waals surface area contributed by atoms with Crippen molar-refractivity contribution in [2.24, 2.45) is 5.73 Å². The van der Waals surface area contributed by atoms with Crippen molar-refractivity contribution in [2.45, 2.75) is 18.4 Å². The van der Waals surface area contributed by atoms with Gasteiger partial charge in [-0.15, -0.1) is 0 Å². The van der Waals surface area contributed by atoms with Crippen molar-refractivity contribution < 1.29 is 14.3 Å². The van der Waals surface area contributed by atoms with Crippen molar-refractivity contribution in [2.75, 3.05) is 12.4 Å². The number of hydrogen-bond acceptors (Lipinski definition) is 4. The Kier molecular flexibility index (Phi) is 2.85. The highest BCUT2D eigenvalue weighted by atomic mass is 16.5. The van der Waals surface area contributed by atoms with E-state index in [-0.39, 0.29) is 5.91 Å². The van der Waals surface area contributed by atoms with E-state index in [4.69, 9.17) is 5.73 Å². The summed E-state index contributed by atoms with van der Waals surface area (Å²) in [5.41, 5.74) is 5.98. The first-order valence-electron chi connectivity index (χ1n) is 5.34. The van der Waals surface area contributed by atoms with Gasteiger partial charge in [-0.3, -0.25) is 4.79 Å². The van der Waals surface area contributed by atoms with Crippen LogP contribution < -0.4 is 11.1 Å². The van der Waals surface area contributed by atoms with Crippen LogP contribution in [-0.2, 0) is 9.53 Å². The molecule has 0 atom stereocenters. The van der Waals surface area contributed by atoms with Crippen molar-refractivity contribution in [3.63, 3.8) is 0 Å². The minimum Gasteiger partial charge on any atom is -0.465 e. The Labute approximate surface area is 98.9 Å². The van der Waals surface area contributed by atoms with Crippen molar-refractivity contribution in [1.82, 2.24) is 0 Å². The second kappa shape index (κ2) is 4.18. The number of nitrogens with one attached hydrogen (secondary N) is 1. The number of hydrogen-bond donors (Lipinski definition) is 2. The lowest BCUT2D eigenvalue weighted by molar-refractivity contribution is -0.118. The zero-order valence-electron chi connectivity index (χ0n) is 9.53. The molecule has 17 heavy (non-hydrogen) atoms. The summed E-state index contributed by atoms with van der Waals surface area (Å²) >= 11 is 0. The first kappa shape index (κ1) is 11.6. The summed E-state index contributed by atoms with van der Waals surface area (Å²) in [4.78, 5) is 23.0. The molecule has 1 aromatic carbocycles. The fraction of sp³-hybridized carbons (Fsp3) is 0.333. The van der Waals surface area contributed by atoms with Gasteiger partial charge in [-0.1, -0.05) is 6.07 Å². The summed E-state index contributed by atoms with van der Waals surface area (Å²) in [5, 5.41) is 2.69. The molecule has 1 saturated carbocycles. The third-order valence-corrected chi connectivity index (χ3v) is 2.78. The molecule has 0 unspecified atom stereocenters. The average Bonchev–Trinajstić information content (AvgIpc) is 3.08. The number of carbonyl (C=O) groups excluding carboxylic acids is 2. The Morgan fingerprint density at radius 1 is 1.41 bits per heavy atom. The Hall–Kier alpha value is -1.88. The van der Waals surface area contributed by atoms with E-state index in [0.717, 1.165) is 0 Å². The smallest absolute Gasteiger partial charge is 0.337 e. The second-order valence-corrected chi connectivity index (χ2v) is 4.18. The highest BCUT2D eigenvalue weighted by molar-refractivity contribution is 6.01. The molecule has 0 saturated heterocycles. The van der Waals surface area contributed by atoms with Crippen molar-refractivity contribution >= 4 is 17.6 Å². The van der Waals surface area contributed by atoms with Crippen molar-refractivity contribution in [3.05, 3.63) is 29.8 Å². The predicted molar refractivity (Wildman–Crippen MR) is 62.6 cm³/mol. The van der Waals surface area contributed by atoms with Crippen molar-refractivity contribution in [3.8, 4) is 0 Å². The molecule has 0 aromatic heterocycles. The van der Waals surface area contributed by atoms with Crippen LogP contribution in [0.3, 0.4) is 0 Å². The van der Waals surface area contributed by atoms with Gasteiger partial charge in [0.05, 0.1) is 18.2 Å². The minimum absolute atomic E-state index is 0.209. The Morgan fingerprint density at radius 2 is 2.12 bits per heavy atom. The topological polar surface area (TPSA) is 81.4 Å². The van der Waals surface area contributed by atoms with Crippen LogP contribution >= 0.6 is 0 Å². The highest BCUT2D eigenvalue weighted by Gasteiger charge is 2.45. The lowest BCUT2D eigenvalue weighted by atomic mass is 10.2. The van der Waals surface area contributed by atoms with E-state index >= 15 is 0 Å². The predicted octanol–water partition coefficient (Wildman–Crippen LogP) is 0.903.